The van der Waals surface area contributed by atoms with Crippen molar-refractivity contribution in [2.75, 3.05) is 0 Å². The molecule has 1 saturated carbocycles. The molecule has 1 fully saturated rings. The van der Waals surface area contributed by atoms with Crippen LogP contribution in [-0.4, -0.2) is 7.85 Å². The molecule has 1 aliphatic carbocycles. The molecule has 0 amide bonds. The zero-order valence-electron chi connectivity index (χ0n) is 8.27. The molecule has 0 saturated heterocycles. The van der Waals surface area contributed by atoms with Gasteiger partial charge in [0.15, 0.2) is 0 Å². The maximum atomic E-state index is 2.40. The summed E-state index contributed by atoms with van der Waals surface area (Å²) in [6, 6.07) is 0. The maximum absolute atomic E-state index is 2.40. The Bertz CT molecular complexity index is 109. The van der Waals surface area contributed by atoms with Crippen molar-refractivity contribution < 1.29 is 0 Å². The van der Waals surface area contributed by atoms with Crippen LogP contribution in [0.5, 0.6) is 0 Å². The van der Waals surface area contributed by atoms with E-state index in [0.29, 0.717) is 0 Å². The van der Waals surface area contributed by atoms with Crippen molar-refractivity contribution in [1.82, 2.24) is 0 Å². The highest BCUT2D eigenvalue weighted by Crippen LogP contribution is 2.36. The van der Waals surface area contributed by atoms with Gasteiger partial charge in [0.05, 0.1) is 0 Å². The molecule has 1 aliphatic rings. The van der Waals surface area contributed by atoms with E-state index in [1.807, 2.05) is 0 Å². The zero-order valence-corrected chi connectivity index (χ0v) is 8.27. The summed E-state index contributed by atoms with van der Waals surface area (Å²) in [6.07, 6.45) is 7.43. The molecule has 0 aromatic carbocycles. The SMILES string of the molecule is BC1CCC(CCC(C)C)C1. The fraction of sp³-hybridized carbons (Fsp3) is 1.00. The van der Waals surface area contributed by atoms with Crippen molar-refractivity contribution >= 4 is 7.85 Å². The Hall–Kier alpha value is 0.0649. The first kappa shape index (κ1) is 9.16. The lowest BCUT2D eigenvalue weighted by molar-refractivity contribution is 0.432. The molecule has 1 rings (SSSR count). The largest absolute Gasteiger partial charge is 0.105 e. The van der Waals surface area contributed by atoms with Crippen LogP contribution >= 0.6 is 0 Å². The lowest BCUT2D eigenvalue weighted by Gasteiger charge is -2.10. The lowest BCUT2D eigenvalue weighted by Crippen LogP contribution is -1.97. The van der Waals surface area contributed by atoms with Crippen molar-refractivity contribution in [3.8, 4) is 0 Å². The van der Waals surface area contributed by atoms with Crippen LogP contribution in [-0.2, 0) is 0 Å². The van der Waals surface area contributed by atoms with Gasteiger partial charge >= 0.3 is 0 Å². The standard InChI is InChI=1S/C10H21B/c1-8(2)3-4-9-5-6-10(11)7-9/h8-10H,3-7,11H2,1-2H3. The molecule has 2 unspecified atom stereocenters. The molecule has 11 heavy (non-hydrogen) atoms. The highest BCUT2D eigenvalue weighted by molar-refractivity contribution is 6.11. The molecule has 0 N–H and O–H groups in total. The van der Waals surface area contributed by atoms with Crippen LogP contribution in [0.25, 0.3) is 0 Å². The predicted molar refractivity (Wildman–Crippen MR) is 53.7 cm³/mol. The third-order valence-corrected chi connectivity index (χ3v) is 2.96. The lowest BCUT2D eigenvalue weighted by atomic mass is 9.84. The minimum atomic E-state index is 0.908. The number of hydrogen-bond acceptors (Lipinski definition) is 0. The van der Waals surface area contributed by atoms with E-state index in [9.17, 15) is 0 Å². The average molecular weight is 152 g/mol. The highest BCUT2D eigenvalue weighted by atomic mass is 14.2. The Morgan fingerprint density at radius 1 is 1.36 bits per heavy atom. The quantitative estimate of drug-likeness (QED) is 0.545. The monoisotopic (exact) mass is 152 g/mol. The molecule has 2 atom stereocenters. The van der Waals surface area contributed by atoms with E-state index in [2.05, 4.69) is 21.7 Å². The van der Waals surface area contributed by atoms with Gasteiger partial charge < -0.3 is 0 Å². The molecule has 1 heteroatoms. The fourth-order valence-corrected chi connectivity index (χ4v) is 2.16. The van der Waals surface area contributed by atoms with Crippen molar-refractivity contribution in [1.29, 1.82) is 0 Å². The van der Waals surface area contributed by atoms with Gasteiger partial charge in [0, 0.05) is 0 Å². The van der Waals surface area contributed by atoms with E-state index in [-0.39, 0.29) is 0 Å². The second kappa shape index (κ2) is 4.18. The average Bonchev–Trinajstić information content (AvgIpc) is 2.31. The summed E-state index contributed by atoms with van der Waals surface area (Å²) in [4.78, 5) is 0. The smallest absolute Gasteiger partial charge is 0.0694 e. The summed E-state index contributed by atoms with van der Waals surface area (Å²) in [5.74, 6) is 3.01. The van der Waals surface area contributed by atoms with E-state index < -0.39 is 0 Å². The molecule has 0 radical (unpaired) electrons. The van der Waals surface area contributed by atoms with Crippen LogP contribution in [0.2, 0.25) is 5.82 Å². The van der Waals surface area contributed by atoms with Crippen LogP contribution in [0.15, 0.2) is 0 Å². The van der Waals surface area contributed by atoms with Crippen LogP contribution < -0.4 is 0 Å². The molecule has 0 aromatic heterocycles. The third-order valence-electron chi connectivity index (χ3n) is 2.96. The van der Waals surface area contributed by atoms with Gasteiger partial charge in [-0.1, -0.05) is 51.8 Å². The van der Waals surface area contributed by atoms with E-state index in [0.717, 1.165) is 17.7 Å². The first-order valence-corrected chi connectivity index (χ1v) is 5.18. The zero-order chi connectivity index (χ0) is 8.27. The Morgan fingerprint density at radius 3 is 2.55 bits per heavy atom. The highest BCUT2D eigenvalue weighted by Gasteiger charge is 2.20. The van der Waals surface area contributed by atoms with Crippen molar-refractivity contribution in [3.63, 3.8) is 0 Å². The summed E-state index contributed by atoms with van der Waals surface area (Å²) >= 11 is 0. The summed E-state index contributed by atoms with van der Waals surface area (Å²) in [6.45, 7) is 4.66. The molecular formula is C10H21B. The molecule has 0 spiro atoms. The van der Waals surface area contributed by atoms with E-state index in [1.54, 1.807) is 0 Å². The van der Waals surface area contributed by atoms with Gasteiger partial charge in [-0.15, -0.1) is 0 Å². The topological polar surface area (TPSA) is 0 Å². The van der Waals surface area contributed by atoms with Gasteiger partial charge in [-0.3, -0.25) is 0 Å². The maximum Gasteiger partial charge on any atom is 0.105 e. The Kier molecular flexibility index (Phi) is 3.48. The van der Waals surface area contributed by atoms with E-state index >= 15 is 0 Å². The molecule has 0 bridgehead atoms. The second-order valence-electron chi connectivity index (χ2n) is 4.76. The normalized spacial score (nSPS) is 31.5. The van der Waals surface area contributed by atoms with Gasteiger partial charge in [0.2, 0.25) is 0 Å². The first-order valence-electron chi connectivity index (χ1n) is 5.18. The number of rotatable bonds is 3. The Morgan fingerprint density at radius 2 is 2.09 bits per heavy atom. The van der Waals surface area contributed by atoms with Gasteiger partial charge in [-0.25, -0.2) is 0 Å². The van der Waals surface area contributed by atoms with E-state index in [1.165, 1.54) is 32.1 Å². The predicted octanol–water partition coefficient (Wildman–Crippen LogP) is 2.64. The van der Waals surface area contributed by atoms with Crippen LogP contribution in [0.4, 0.5) is 0 Å². The van der Waals surface area contributed by atoms with Crippen LogP contribution in [0, 0.1) is 11.8 Å². The van der Waals surface area contributed by atoms with Gasteiger partial charge in [-0.2, -0.15) is 0 Å². The van der Waals surface area contributed by atoms with Gasteiger partial charge in [-0.05, 0) is 11.8 Å². The van der Waals surface area contributed by atoms with Crippen molar-refractivity contribution in [3.05, 3.63) is 0 Å². The van der Waals surface area contributed by atoms with Crippen molar-refractivity contribution in [2.45, 2.75) is 51.8 Å². The molecular weight excluding hydrogens is 131 g/mol. The minimum absolute atomic E-state index is 0.908. The van der Waals surface area contributed by atoms with Gasteiger partial charge in [0.1, 0.15) is 7.85 Å². The molecule has 0 aliphatic heterocycles. The van der Waals surface area contributed by atoms with Crippen LogP contribution in [0.1, 0.15) is 46.0 Å². The third kappa shape index (κ3) is 3.31. The summed E-state index contributed by atoms with van der Waals surface area (Å²) in [5, 5.41) is 0. The first-order chi connectivity index (χ1) is 5.18. The summed E-state index contributed by atoms with van der Waals surface area (Å²) in [7, 11) is 2.40. The summed E-state index contributed by atoms with van der Waals surface area (Å²) in [5.41, 5.74) is 0. The molecule has 0 aromatic rings. The Labute approximate surface area is 72.2 Å². The number of hydrogen-bond donors (Lipinski definition) is 0. The fourth-order valence-electron chi connectivity index (χ4n) is 2.16. The minimum Gasteiger partial charge on any atom is -0.0694 e. The molecule has 0 nitrogen and oxygen atoms in total. The summed E-state index contributed by atoms with van der Waals surface area (Å²) < 4.78 is 0. The van der Waals surface area contributed by atoms with Crippen LogP contribution in [0.3, 0.4) is 0 Å². The Balaban J connectivity index is 2.08. The van der Waals surface area contributed by atoms with Crippen molar-refractivity contribution in [2.24, 2.45) is 11.8 Å². The van der Waals surface area contributed by atoms with Gasteiger partial charge in [0.25, 0.3) is 0 Å². The molecule has 0 heterocycles. The second-order valence-corrected chi connectivity index (χ2v) is 4.76. The van der Waals surface area contributed by atoms with E-state index in [4.69, 9.17) is 0 Å². The molecule has 64 valence electrons.